The molecular weight excluding hydrogens is 462 g/mol. The van der Waals surface area contributed by atoms with E-state index in [4.69, 9.17) is 32.5 Å². The molecule has 1 aromatic rings. The zero-order valence-electron chi connectivity index (χ0n) is 19.9. The smallest absolute Gasteiger partial charge is 0.404 e. The van der Waals surface area contributed by atoms with Gasteiger partial charge >= 0.3 is 7.12 Å². The Morgan fingerprint density at radius 3 is 2.61 bits per heavy atom. The molecule has 3 aliphatic carbocycles. The maximum Gasteiger partial charge on any atom is 0.481 e. The molecule has 2 N–H and O–H groups in total. The summed E-state index contributed by atoms with van der Waals surface area (Å²) in [6.45, 7) is 10.8. The van der Waals surface area contributed by atoms with Crippen LogP contribution in [0.15, 0.2) is 18.2 Å². The van der Waals surface area contributed by atoms with Crippen LogP contribution < -0.4 is 10.6 Å². The first-order valence-corrected chi connectivity index (χ1v) is 12.5. The van der Waals surface area contributed by atoms with Gasteiger partial charge in [0.1, 0.15) is 0 Å². The summed E-state index contributed by atoms with van der Waals surface area (Å²) in [6.07, 6.45) is 2.94. The first-order valence-electron chi connectivity index (χ1n) is 11.8. The van der Waals surface area contributed by atoms with E-state index >= 15 is 0 Å². The van der Waals surface area contributed by atoms with Crippen molar-refractivity contribution in [2.45, 2.75) is 71.5 Å². The lowest BCUT2D eigenvalue weighted by atomic mass is 9.43. The molecule has 5 rings (SSSR count). The second-order valence-corrected chi connectivity index (χ2v) is 11.8. The first-order chi connectivity index (χ1) is 15.4. The van der Waals surface area contributed by atoms with Crippen molar-refractivity contribution >= 4 is 42.1 Å². The van der Waals surface area contributed by atoms with Crippen LogP contribution in [-0.2, 0) is 14.1 Å². The Labute approximate surface area is 206 Å². The quantitative estimate of drug-likeness (QED) is 0.546. The normalized spacial score (nSPS) is 30.4. The van der Waals surface area contributed by atoms with Crippen LogP contribution in [0.1, 0.15) is 64.2 Å². The van der Waals surface area contributed by atoms with Gasteiger partial charge in [0.05, 0.1) is 34.8 Å². The van der Waals surface area contributed by atoms with Gasteiger partial charge in [0.15, 0.2) is 0 Å². The number of carbonyl (C=O) groups is 2. The Morgan fingerprint density at radius 2 is 1.94 bits per heavy atom. The maximum absolute atomic E-state index is 12.8. The number of benzene rings is 1. The van der Waals surface area contributed by atoms with Crippen LogP contribution in [-0.4, -0.2) is 43.1 Å². The summed E-state index contributed by atoms with van der Waals surface area (Å²) >= 11 is 12.1. The van der Waals surface area contributed by atoms with Crippen molar-refractivity contribution in [3.05, 3.63) is 33.8 Å². The molecule has 2 amide bonds. The van der Waals surface area contributed by atoms with Gasteiger partial charge in [0.2, 0.25) is 5.91 Å². The van der Waals surface area contributed by atoms with Gasteiger partial charge in [-0.1, -0.05) is 50.9 Å². The molecule has 1 heterocycles. The second kappa shape index (κ2) is 9.06. The summed E-state index contributed by atoms with van der Waals surface area (Å²) in [7, 11) is -0.500. The van der Waals surface area contributed by atoms with Crippen molar-refractivity contribution in [3.63, 3.8) is 0 Å². The lowest BCUT2D eigenvalue weighted by Gasteiger charge is -2.64. The minimum Gasteiger partial charge on any atom is -0.404 e. The second-order valence-electron chi connectivity index (χ2n) is 10.9. The molecule has 33 heavy (non-hydrogen) atoms. The monoisotopic (exact) mass is 494 g/mol. The van der Waals surface area contributed by atoms with Gasteiger partial charge in [-0.2, -0.15) is 0 Å². The fourth-order valence-corrected chi connectivity index (χ4v) is 6.38. The summed E-state index contributed by atoms with van der Waals surface area (Å²) in [6, 6.07) is 4.64. The largest absolute Gasteiger partial charge is 0.481 e. The summed E-state index contributed by atoms with van der Waals surface area (Å²) < 4.78 is 13.0. The summed E-state index contributed by atoms with van der Waals surface area (Å²) in [5.74, 6) is 0.399. The topological polar surface area (TPSA) is 76.7 Å². The van der Waals surface area contributed by atoms with Crippen LogP contribution in [0.4, 0.5) is 0 Å². The number of halogens is 2. The van der Waals surface area contributed by atoms with Gasteiger partial charge < -0.3 is 19.9 Å². The number of carbonyl (C=O) groups excluding carboxylic acids is 2. The molecule has 180 valence electrons. The summed E-state index contributed by atoms with van der Waals surface area (Å²) in [5, 5.41) is 6.34. The van der Waals surface area contributed by atoms with Crippen molar-refractivity contribution < 1.29 is 18.9 Å². The zero-order valence-corrected chi connectivity index (χ0v) is 21.4. The van der Waals surface area contributed by atoms with Crippen LogP contribution in [0.2, 0.25) is 10.0 Å². The molecule has 4 fully saturated rings. The van der Waals surface area contributed by atoms with E-state index in [9.17, 15) is 9.59 Å². The van der Waals surface area contributed by atoms with Gasteiger partial charge in [0.25, 0.3) is 5.91 Å². The molecule has 2 unspecified atom stereocenters. The Hall–Kier alpha value is -1.28. The molecule has 0 radical (unpaired) electrons. The molecule has 4 aliphatic rings. The molecule has 0 spiro atoms. The molecule has 6 nitrogen and oxygen atoms in total. The van der Waals surface area contributed by atoms with Gasteiger partial charge in [0, 0.05) is 5.02 Å². The molecule has 9 heteroatoms. The number of hydrogen-bond donors (Lipinski definition) is 2. The van der Waals surface area contributed by atoms with Crippen LogP contribution in [0.25, 0.3) is 0 Å². The average molecular weight is 495 g/mol. The third kappa shape index (κ3) is 4.66. The molecule has 0 aromatic heterocycles. The Bertz CT molecular complexity index is 943. The highest BCUT2D eigenvalue weighted by Crippen LogP contribution is 2.65. The van der Waals surface area contributed by atoms with Crippen LogP contribution >= 0.6 is 23.2 Å². The van der Waals surface area contributed by atoms with E-state index in [-0.39, 0.29) is 46.1 Å². The van der Waals surface area contributed by atoms with Gasteiger partial charge in [-0.05, 0) is 67.6 Å². The van der Waals surface area contributed by atoms with E-state index in [0.717, 1.165) is 6.42 Å². The highest BCUT2D eigenvalue weighted by atomic mass is 35.5. The molecular formula is C24H33BCl2N2O4. The van der Waals surface area contributed by atoms with E-state index < -0.39 is 13.0 Å². The maximum atomic E-state index is 12.8. The van der Waals surface area contributed by atoms with Crippen molar-refractivity contribution in [1.82, 2.24) is 10.6 Å². The number of rotatable bonds is 7. The van der Waals surface area contributed by atoms with E-state index in [0.29, 0.717) is 29.2 Å². The summed E-state index contributed by atoms with van der Waals surface area (Å²) in [4.78, 5) is 25.2. The lowest BCUT2D eigenvalue weighted by Crippen LogP contribution is -2.65. The van der Waals surface area contributed by atoms with E-state index in [1.54, 1.807) is 12.1 Å². The standard InChI is InChI=1S/C24H33BCl2N2O4/c1-13(2)8-20(25-32-19-10-14-9-18(23(14,3)4)24(19,5)33-25)29-21(30)12-28-22(31)16-11-15(26)6-7-17(16)27/h6-7,11,13-14,18-20H,8-10,12H2,1-5H3,(H,28,31)(H,29,30)/t14-,18-,19?,20?,24-/m0/s1. The number of amides is 2. The van der Waals surface area contributed by atoms with Crippen LogP contribution in [0.3, 0.4) is 0 Å². The summed E-state index contributed by atoms with van der Waals surface area (Å²) in [5.41, 5.74) is 0.156. The van der Waals surface area contributed by atoms with Gasteiger partial charge in [-0.15, -0.1) is 0 Å². The Morgan fingerprint density at radius 1 is 1.21 bits per heavy atom. The fraction of sp³-hybridized carbons (Fsp3) is 0.667. The molecule has 5 atom stereocenters. The minimum absolute atomic E-state index is 0.0514. The molecule has 1 saturated heterocycles. The predicted octanol–water partition coefficient (Wildman–Crippen LogP) is 4.52. The fourth-order valence-electron chi connectivity index (χ4n) is 6.00. The van der Waals surface area contributed by atoms with Crippen molar-refractivity contribution in [2.75, 3.05) is 6.54 Å². The van der Waals surface area contributed by atoms with E-state index in [2.05, 4.69) is 45.3 Å². The van der Waals surface area contributed by atoms with Crippen LogP contribution in [0, 0.1) is 23.2 Å². The zero-order chi connectivity index (χ0) is 24.1. The first kappa shape index (κ1) is 24.8. The van der Waals surface area contributed by atoms with E-state index in [1.807, 2.05) is 0 Å². The molecule has 1 aliphatic heterocycles. The molecule has 2 bridgehead atoms. The minimum atomic E-state index is -0.500. The van der Waals surface area contributed by atoms with Crippen molar-refractivity contribution in [2.24, 2.45) is 23.2 Å². The lowest BCUT2D eigenvalue weighted by molar-refractivity contribution is -0.199. The number of hydrogen-bond acceptors (Lipinski definition) is 4. The predicted molar refractivity (Wildman–Crippen MR) is 130 cm³/mol. The average Bonchev–Trinajstić information content (AvgIpc) is 3.10. The highest BCUT2D eigenvalue weighted by molar-refractivity contribution is 6.48. The Balaban J connectivity index is 1.39. The SMILES string of the molecule is CC(C)CC(NC(=O)CNC(=O)c1cc(Cl)ccc1Cl)B1OC2C[C@@H]3C[C@@H](C3(C)C)[C@]2(C)O1. The molecule has 3 saturated carbocycles. The molecule has 1 aromatic carbocycles. The van der Waals surface area contributed by atoms with E-state index in [1.165, 1.54) is 12.5 Å². The van der Waals surface area contributed by atoms with Gasteiger partial charge in [-0.3, -0.25) is 9.59 Å². The van der Waals surface area contributed by atoms with Crippen molar-refractivity contribution in [3.8, 4) is 0 Å². The number of nitrogens with one attached hydrogen (secondary N) is 2. The third-order valence-electron chi connectivity index (χ3n) is 7.95. The van der Waals surface area contributed by atoms with Gasteiger partial charge in [-0.25, -0.2) is 0 Å². The highest BCUT2D eigenvalue weighted by Gasteiger charge is 2.68. The third-order valence-corrected chi connectivity index (χ3v) is 8.52. The van der Waals surface area contributed by atoms with Crippen molar-refractivity contribution in [1.29, 1.82) is 0 Å². The Kier molecular flexibility index (Phi) is 6.82. The van der Waals surface area contributed by atoms with Crippen LogP contribution in [0.5, 0.6) is 0 Å².